The number of benzene rings is 2. The van der Waals surface area contributed by atoms with Crippen LogP contribution in [-0.2, 0) is 10.0 Å². The lowest BCUT2D eigenvalue weighted by Gasteiger charge is -2.25. The van der Waals surface area contributed by atoms with E-state index in [1.165, 1.54) is 0 Å². The molecule has 0 aliphatic carbocycles. The highest BCUT2D eigenvalue weighted by atomic mass is 79.9. The predicted octanol–water partition coefficient (Wildman–Crippen LogP) is 3.96. The minimum atomic E-state index is -3.50. The number of nitrogens with one attached hydrogen (secondary N) is 1. The second-order valence-corrected chi connectivity index (χ2v) is 8.57. The fraction of sp³-hybridized carbons (Fsp3) is 0.200. The third-order valence-corrected chi connectivity index (χ3v) is 6.52. The van der Waals surface area contributed by atoms with Gasteiger partial charge in [0.1, 0.15) is 0 Å². The van der Waals surface area contributed by atoms with Crippen LogP contribution in [0.1, 0.15) is 18.0 Å². The first-order valence-electron chi connectivity index (χ1n) is 6.56. The highest BCUT2D eigenvalue weighted by Crippen LogP contribution is 2.36. The third-order valence-electron chi connectivity index (χ3n) is 3.38. The van der Waals surface area contributed by atoms with Crippen LogP contribution in [0.15, 0.2) is 62.8 Å². The molecule has 3 nitrogen and oxygen atoms in total. The average molecular weight is 384 g/mol. The van der Waals surface area contributed by atoms with Gasteiger partial charge in [-0.05, 0) is 48.1 Å². The zero-order valence-corrected chi connectivity index (χ0v) is 14.3. The Labute approximate surface area is 137 Å². The van der Waals surface area contributed by atoms with Gasteiger partial charge < -0.3 is 0 Å². The molecular formula is C15H14BrNO2S2. The van der Waals surface area contributed by atoms with Gasteiger partial charge in [0.05, 0.1) is 4.90 Å². The minimum absolute atomic E-state index is 0.156. The number of thioether (sulfide) groups is 1. The summed E-state index contributed by atoms with van der Waals surface area (Å²) in [5, 5.41) is 0. The Hall–Kier alpha value is -0.820. The van der Waals surface area contributed by atoms with Crippen LogP contribution in [0.25, 0.3) is 0 Å². The summed E-state index contributed by atoms with van der Waals surface area (Å²) in [5.41, 5.74) is 1.06. The molecule has 0 amide bonds. The number of halogens is 1. The zero-order chi connectivity index (χ0) is 14.9. The van der Waals surface area contributed by atoms with Crippen molar-refractivity contribution in [3.8, 4) is 0 Å². The molecule has 1 aliphatic rings. The van der Waals surface area contributed by atoms with E-state index >= 15 is 0 Å². The largest absolute Gasteiger partial charge is 0.241 e. The molecule has 0 unspecified atom stereocenters. The van der Waals surface area contributed by atoms with Gasteiger partial charge in [0, 0.05) is 15.4 Å². The number of hydrogen-bond acceptors (Lipinski definition) is 3. The maximum Gasteiger partial charge on any atom is 0.241 e. The summed E-state index contributed by atoms with van der Waals surface area (Å²) in [6.45, 7) is 0. The molecule has 21 heavy (non-hydrogen) atoms. The van der Waals surface area contributed by atoms with Crippen molar-refractivity contribution < 1.29 is 8.42 Å². The molecule has 0 radical (unpaired) electrons. The molecule has 3 rings (SSSR count). The Morgan fingerprint density at radius 1 is 1.10 bits per heavy atom. The van der Waals surface area contributed by atoms with Gasteiger partial charge in [0.2, 0.25) is 10.0 Å². The SMILES string of the molecule is O=S(=O)(N[C@@H]1CCSc2ccccc21)c1ccc(Br)cc1. The van der Waals surface area contributed by atoms with Crippen molar-refractivity contribution in [1.82, 2.24) is 4.72 Å². The van der Waals surface area contributed by atoms with Crippen LogP contribution in [0.3, 0.4) is 0 Å². The summed E-state index contributed by atoms with van der Waals surface area (Å²) in [6.07, 6.45) is 0.803. The van der Waals surface area contributed by atoms with E-state index in [0.29, 0.717) is 4.90 Å². The molecular weight excluding hydrogens is 370 g/mol. The van der Waals surface area contributed by atoms with Crippen LogP contribution in [0.4, 0.5) is 0 Å². The molecule has 6 heteroatoms. The van der Waals surface area contributed by atoms with Crippen molar-refractivity contribution in [1.29, 1.82) is 0 Å². The van der Waals surface area contributed by atoms with Gasteiger partial charge in [-0.2, -0.15) is 0 Å². The molecule has 0 fully saturated rings. The lowest BCUT2D eigenvalue weighted by Crippen LogP contribution is -2.30. The number of rotatable bonds is 3. The molecule has 0 spiro atoms. The fourth-order valence-corrected chi connectivity index (χ4v) is 4.97. The second kappa shape index (κ2) is 6.12. The van der Waals surface area contributed by atoms with Gasteiger partial charge in [-0.15, -0.1) is 11.8 Å². The highest BCUT2D eigenvalue weighted by Gasteiger charge is 2.25. The molecule has 1 heterocycles. The van der Waals surface area contributed by atoms with E-state index in [2.05, 4.69) is 20.7 Å². The minimum Gasteiger partial charge on any atom is -0.207 e. The van der Waals surface area contributed by atoms with Crippen molar-refractivity contribution in [3.63, 3.8) is 0 Å². The van der Waals surface area contributed by atoms with Crippen LogP contribution in [0, 0.1) is 0 Å². The summed E-state index contributed by atoms with van der Waals surface area (Å²) >= 11 is 5.09. The first-order valence-corrected chi connectivity index (χ1v) is 9.82. The summed E-state index contributed by atoms with van der Waals surface area (Å²) in [4.78, 5) is 1.45. The van der Waals surface area contributed by atoms with Crippen molar-refractivity contribution in [3.05, 3.63) is 58.6 Å². The van der Waals surface area contributed by atoms with Gasteiger partial charge in [0.15, 0.2) is 0 Å². The molecule has 1 N–H and O–H groups in total. The predicted molar refractivity (Wildman–Crippen MR) is 89.0 cm³/mol. The van der Waals surface area contributed by atoms with Crippen LogP contribution >= 0.6 is 27.7 Å². The molecule has 0 saturated carbocycles. The maximum atomic E-state index is 12.5. The first kappa shape index (κ1) is 15.1. The monoisotopic (exact) mass is 383 g/mol. The second-order valence-electron chi connectivity index (χ2n) is 4.80. The van der Waals surface area contributed by atoms with Gasteiger partial charge in [0.25, 0.3) is 0 Å². The smallest absolute Gasteiger partial charge is 0.207 e. The number of sulfonamides is 1. The molecule has 1 atom stereocenters. The van der Waals surface area contributed by atoms with E-state index in [1.54, 1.807) is 36.0 Å². The lowest BCUT2D eigenvalue weighted by atomic mass is 10.1. The van der Waals surface area contributed by atoms with Gasteiger partial charge in [-0.1, -0.05) is 34.1 Å². The Kier molecular flexibility index (Phi) is 4.40. The van der Waals surface area contributed by atoms with E-state index < -0.39 is 10.0 Å². The Bertz CT molecular complexity index is 745. The van der Waals surface area contributed by atoms with Crippen LogP contribution < -0.4 is 4.72 Å². The summed E-state index contributed by atoms with van der Waals surface area (Å²) in [5.74, 6) is 0.921. The maximum absolute atomic E-state index is 12.5. The Morgan fingerprint density at radius 2 is 1.81 bits per heavy atom. The van der Waals surface area contributed by atoms with E-state index in [-0.39, 0.29) is 6.04 Å². The standard InChI is InChI=1S/C15H14BrNO2S2/c16-11-5-7-12(8-6-11)21(18,19)17-14-9-10-20-15-4-2-1-3-13(14)15/h1-8,14,17H,9-10H2/t14-/m1/s1. The quantitative estimate of drug-likeness (QED) is 0.871. The average Bonchev–Trinajstić information content (AvgIpc) is 2.48. The zero-order valence-electron chi connectivity index (χ0n) is 11.1. The normalized spacial score (nSPS) is 18.2. The van der Waals surface area contributed by atoms with E-state index in [0.717, 1.165) is 27.1 Å². The van der Waals surface area contributed by atoms with E-state index in [4.69, 9.17) is 0 Å². The number of hydrogen-bond donors (Lipinski definition) is 1. The fourth-order valence-electron chi connectivity index (χ4n) is 2.33. The van der Waals surface area contributed by atoms with Crippen molar-refractivity contribution in [2.75, 3.05) is 5.75 Å². The van der Waals surface area contributed by atoms with Crippen LogP contribution in [0.2, 0.25) is 0 Å². The van der Waals surface area contributed by atoms with Crippen molar-refractivity contribution >= 4 is 37.7 Å². The summed E-state index contributed by atoms with van der Waals surface area (Å²) in [6, 6.07) is 14.5. The summed E-state index contributed by atoms with van der Waals surface area (Å²) in [7, 11) is -3.50. The van der Waals surface area contributed by atoms with E-state index in [1.807, 2.05) is 24.3 Å². The molecule has 0 saturated heterocycles. The summed E-state index contributed by atoms with van der Waals surface area (Å²) < 4.78 is 28.7. The first-order chi connectivity index (χ1) is 10.1. The van der Waals surface area contributed by atoms with Gasteiger partial charge in [-0.3, -0.25) is 0 Å². The lowest BCUT2D eigenvalue weighted by molar-refractivity contribution is 0.546. The van der Waals surface area contributed by atoms with E-state index in [9.17, 15) is 8.42 Å². The van der Waals surface area contributed by atoms with Crippen molar-refractivity contribution in [2.45, 2.75) is 22.3 Å². The number of fused-ring (bicyclic) bond motifs is 1. The Morgan fingerprint density at radius 3 is 2.57 bits per heavy atom. The molecule has 2 aromatic rings. The Balaban J connectivity index is 1.88. The third kappa shape index (κ3) is 3.34. The molecule has 0 bridgehead atoms. The van der Waals surface area contributed by atoms with Gasteiger partial charge >= 0.3 is 0 Å². The van der Waals surface area contributed by atoms with Crippen LogP contribution in [0.5, 0.6) is 0 Å². The van der Waals surface area contributed by atoms with Gasteiger partial charge in [-0.25, -0.2) is 13.1 Å². The molecule has 0 aromatic heterocycles. The molecule has 110 valence electrons. The van der Waals surface area contributed by atoms with Crippen molar-refractivity contribution in [2.24, 2.45) is 0 Å². The molecule has 2 aromatic carbocycles. The highest BCUT2D eigenvalue weighted by molar-refractivity contribution is 9.10. The van der Waals surface area contributed by atoms with Crippen LogP contribution in [-0.4, -0.2) is 14.2 Å². The molecule has 1 aliphatic heterocycles. The topological polar surface area (TPSA) is 46.2 Å².